The molecule has 0 saturated carbocycles. The van der Waals surface area contributed by atoms with E-state index in [1.165, 1.54) is 11.8 Å². The molecule has 1 aromatic rings. The lowest BCUT2D eigenvalue weighted by atomic mass is 10.3. The van der Waals surface area contributed by atoms with Gasteiger partial charge in [0.05, 0.1) is 0 Å². The second-order valence-electron chi connectivity index (χ2n) is 4.17. The Labute approximate surface area is 107 Å². The third kappa shape index (κ3) is 4.79. The van der Waals surface area contributed by atoms with Crippen molar-refractivity contribution >= 4 is 23.4 Å². The van der Waals surface area contributed by atoms with Crippen LogP contribution in [0.4, 0.5) is 11.6 Å². The highest BCUT2D eigenvalue weighted by Gasteiger charge is 2.04. The number of hydrogen-bond acceptors (Lipinski definition) is 6. The number of thioether (sulfide) groups is 1. The van der Waals surface area contributed by atoms with Gasteiger partial charge in [0.25, 0.3) is 0 Å². The van der Waals surface area contributed by atoms with E-state index in [4.69, 9.17) is 5.73 Å². The van der Waals surface area contributed by atoms with Crippen LogP contribution in [-0.4, -0.2) is 47.3 Å². The molecule has 0 unspecified atom stereocenters. The molecule has 0 atom stereocenters. The number of rotatable bonds is 6. The van der Waals surface area contributed by atoms with E-state index in [0.717, 1.165) is 18.9 Å². The zero-order valence-corrected chi connectivity index (χ0v) is 11.7. The number of nitrogens with one attached hydrogen (secondary N) is 1. The highest BCUT2D eigenvalue weighted by Crippen LogP contribution is 2.14. The molecule has 96 valence electrons. The smallest absolute Gasteiger partial charge is 0.191 e. The molecule has 17 heavy (non-hydrogen) atoms. The van der Waals surface area contributed by atoms with E-state index in [0.29, 0.717) is 17.0 Å². The van der Waals surface area contributed by atoms with Crippen LogP contribution in [-0.2, 0) is 0 Å². The van der Waals surface area contributed by atoms with Crippen LogP contribution in [0.2, 0.25) is 0 Å². The summed E-state index contributed by atoms with van der Waals surface area (Å²) in [5.41, 5.74) is 5.70. The van der Waals surface area contributed by atoms with Crippen LogP contribution in [0.3, 0.4) is 0 Å². The quantitative estimate of drug-likeness (QED) is 0.593. The van der Waals surface area contributed by atoms with Crippen LogP contribution < -0.4 is 11.1 Å². The second-order valence-corrected chi connectivity index (χ2v) is 4.94. The molecular weight excluding hydrogens is 234 g/mol. The van der Waals surface area contributed by atoms with Crippen molar-refractivity contribution in [2.75, 3.05) is 37.4 Å². The fourth-order valence-corrected chi connectivity index (χ4v) is 1.63. The van der Waals surface area contributed by atoms with Gasteiger partial charge in [-0.05, 0) is 27.2 Å². The summed E-state index contributed by atoms with van der Waals surface area (Å²) in [6.45, 7) is 6.16. The highest BCUT2D eigenvalue weighted by atomic mass is 32.2. The number of likely N-dealkylation sites (N-methyl/N-ethyl adjacent to an activating group) is 1. The van der Waals surface area contributed by atoms with Crippen molar-refractivity contribution in [1.82, 2.24) is 14.9 Å². The van der Waals surface area contributed by atoms with Gasteiger partial charge in [0.1, 0.15) is 11.6 Å². The Morgan fingerprint density at radius 3 is 2.76 bits per heavy atom. The molecule has 1 aromatic heterocycles. The molecule has 0 fully saturated rings. The van der Waals surface area contributed by atoms with Gasteiger partial charge >= 0.3 is 0 Å². The predicted molar refractivity (Wildman–Crippen MR) is 74.5 cm³/mol. The lowest BCUT2D eigenvalue weighted by molar-refractivity contribution is 0.284. The predicted octanol–water partition coefficient (Wildman–Crippen LogP) is 1.53. The minimum Gasteiger partial charge on any atom is -0.383 e. The zero-order valence-electron chi connectivity index (χ0n) is 10.9. The number of aromatic nitrogens is 2. The van der Waals surface area contributed by atoms with E-state index < -0.39 is 0 Å². The summed E-state index contributed by atoms with van der Waals surface area (Å²) in [5.74, 6) is 1.29. The fraction of sp³-hybridized carbons (Fsp3) is 0.636. The second kappa shape index (κ2) is 6.66. The number of anilines is 2. The Hall–Kier alpha value is -1.01. The van der Waals surface area contributed by atoms with Gasteiger partial charge in [-0.15, -0.1) is 0 Å². The van der Waals surface area contributed by atoms with Crippen LogP contribution in [0.5, 0.6) is 0 Å². The van der Waals surface area contributed by atoms with Crippen molar-refractivity contribution in [1.29, 1.82) is 0 Å². The van der Waals surface area contributed by atoms with Crippen molar-refractivity contribution in [3.05, 3.63) is 6.07 Å². The number of hydrogen-bond donors (Lipinski definition) is 2. The molecule has 1 heterocycles. The van der Waals surface area contributed by atoms with Crippen LogP contribution in [0.1, 0.15) is 13.8 Å². The van der Waals surface area contributed by atoms with Gasteiger partial charge in [0.2, 0.25) is 0 Å². The van der Waals surface area contributed by atoms with Gasteiger partial charge in [-0.3, -0.25) is 0 Å². The third-order valence-electron chi connectivity index (χ3n) is 2.56. The normalized spacial score (nSPS) is 11.2. The van der Waals surface area contributed by atoms with Crippen LogP contribution in [0, 0.1) is 0 Å². The lowest BCUT2D eigenvalue weighted by Gasteiger charge is -2.21. The van der Waals surface area contributed by atoms with Crippen molar-refractivity contribution < 1.29 is 0 Å². The largest absolute Gasteiger partial charge is 0.383 e. The minimum atomic E-state index is 0.504. The summed E-state index contributed by atoms with van der Waals surface area (Å²) >= 11 is 1.49. The molecule has 0 radical (unpaired) electrons. The average Bonchev–Trinajstić information content (AvgIpc) is 2.27. The van der Waals surface area contributed by atoms with Crippen LogP contribution in [0.15, 0.2) is 11.2 Å². The maximum atomic E-state index is 5.70. The number of nitrogens with two attached hydrogens (primary N) is 1. The number of nitrogens with zero attached hydrogens (tertiary/aromatic N) is 3. The molecular formula is C11H21N5S. The summed E-state index contributed by atoms with van der Waals surface area (Å²) < 4.78 is 0. The standard InChI is InChI=1S/C11H21N5S/c1-8(2)16(3)6-5-13-10-7-9(12)14-11(15-10)17-4/h7-8H,5-6H2,1-4H3,(H3,12,13,14,15). The lowest BCUT2D eigenvalue weighted by Crippen LogP contribution is -2.31. The Morgan fingerprint density at radius 2 is 2.18 bits per heavy atom. The molecule has 0 saturated heterocycles. The monoisotopic (exact) mass is 255 g/mol. The van der Waals surface area contributed by atoms with E-state index >= 15 is 0 Å². The van der Waals surface area contributed by atoms with Gasteiger partial charge in [-0.1, -0.05) is 11.8 Å². The fourth-order valence-electron chi connectivity index (χ4n) is 1.24. The van der Waals surface area contributed by atoms with E-state index in [1.807, 2.05) is 6.26 Å². The molecule has 3 N–H and O–H groups in total. The van der Waals surface area contributed by atoms with E-state index in [1.54, 1.807) is 6.07 Å². The van der Waals surface area contributed by atoms with E-state index in [2.05, 4.69) is 41.1 Å². The Kier molecular flexibility index (Phi) is 5.50. The maximum absolute atomic E-state index is 5.70. The molecule has 0 aromatic carbocycles. The topological polar surface area (TPSA) is 67.1 Å². The average molecular weight is 255 g/mol. The number of nitrogen functional groups attached to an aromatic ring is 1. The van der Waals surface area contributed by atoms with Crippen LogP contribution >= 0.6 is 11.8 Å². The zero-order chi connectivity index (χ0) is 12.8. The summed E-state index contributed by atoms with van der Waals surface area (Å²) in [6.07, 6.45) is 1.94. The van der Waals surface area contributed by atoms with Crippen molar-refractivity contribution in [2.24, 2.45) is 0 Å². The molecule has 0 aliphatic rings. The SMILES string of the molecule is CSc1nc(N)cc(NCCN(C)C(C)C)n1. The van der Waals surface area contributed by atoms with Gasteiger partial charge in [0, 0.05) is 25.2 Å². The van der Waals surface area contributed by atoms with E-state index in [-0.39, 0.29) is 0 Å². The maximum Gasteiger partial charge on any atom is 0.191 e. The first-order valence-electron chi connectivity index (χ1n) is 5.65. The van der Waals surface area contributed by atoms with Crippen molar-refractivity contribution in [2.45, 2.75) is 25.0 Å². The first-order valence-corrected chi connectivity index (χ1v) is 6.88. The molecule has 0 bridgehead atoms. The summed E-state index contributed by atoms with van der Waals surface area (Å²) in [5, 5.41) is 3.96. The molecule has 1 rings (SSSR count). The Morgan fingerprint density at radius 1 is 1.47 bits per heavy atom. The molecule has 0 amide bonds. The summed E-state index contributed by atoms with van der Waals surface area (Å²) in [7, 11) is 2.11. The highest BCUT2D eigenvalue weighted by molar-refractivity contribution is 7.98. The molecule has 0 spiro atoms. The van der Waals surface area contributed by atoms with Crippen molar-refractivity contribution in [3.8, 4) is 0 Å². The van der Waals surface area contributed by atoms with Gasteiger partial charge < -0.3 is 16.0 Å². The first kappa shape index (κ1) is 14.1. The first-order chi connectivity index (χ1) is 8.02. The molecule has 5 nitrogen and oxygen atoms in total. The molecule has 0 aliphatic carbocycles. The Bertz CT molecular complexity index is 356. The van der Waals surface area contributed by atoms with Gasteiger partial charge in [0.15, 0.2) is 5.16 Å². The van der Waals surface area contributed by atoms with Crippen molar-refractivity contribution in [3.63, 3.8) is 0 Å². The van der Waals surface area contributed by atoms with Gasteiger partial charge in [-0.2, -0.15) is 0 Å². The minimum absolute atomic E-state index is 0.504. The summed E-state index contributed by atoms with van der Waals surface area (Å²) in [6, 6.07) is 2.31. The third-order valence-corrected chi connectivity index (χ3v) is 3.11. The molecule has 0 aliphatic heterocycles. The van der Waals surface area contributed by atoms with Gasteiger partial charge in [-0.25, -0.2) is 9.97 Å². The Balaban J connectivity index is 2.49. The van der Waals surface area contributed by atoms with E-state index in [9.17, 15) is 0 Å². The summed E-state index contributed by atoms with van der Waals surface area (Å²) in [4.78, 5) is 10.7. The van der Waals surface area contributed by atoms with Crippen LogP contribution in [0.25, 0.3) is 0 Å². The molecule has 6 heteroatoms.